The summed E-state index contributed by atoms with van der Waals surface area (Å²) in [7, 11) is 1.53. The van der Waals surface area contributed by atoms with Gasteiger partial charge in [0.2, 0.25) is 5.91 Å². The van der Waals surface area contributed by atoms with Crippen LogP contribution in [-0.4, -0.2) is 52.4 Å². The van der Waals surface area contributed by atoms with Crippen molar-refractivity contribution in [1.29, 1.82) is 0 Å². The number of carbonyl (C=O) groups excluding carboxylic acids is 1. The minimum atomic E-state index is -0.153. The van der Waals surface area contributed by atoms with E-state index in [0.29, 0.717) is 5.92 Å². The van der Waals surface area contributed by atoms with Crippen molar-refractivity contribution < 1.29 is 9.53 Å². The number of hydrogen-bond donors (Lipinski definition) is 1. The molecule has 1 N–H and O–H groups in total. The molecule has 0 bridgehead atoms. The van der Waals surface area contributed by atoms with Crippen LogP contribution in [0.1, 0.15) is 54.6 Å². The van der Waals surface area contributed by atoms with E-state index in [4.69, 9.17) is 4.74 Å². The van der Waals surface area contributed by atoms with Gasteiger partial charge in [0, 0.05) is 39.7 Å². The van der Waals surface area contributed by atoms with E-state index in [2.05, 4.69) is 70.9 Å². The van der Waals surface area contributed by atoms with Gasteiger partial charge in [-0.3, -0.25) is 9.69 Å². The highest BCUT2D eigenvalue weighted by atomic mass is 16.5. The Kier molecular flexibility index (Phi) is 7.61. The second-order valence-electron chi connectivity index (χ2n) is 8.83. The van der Waals surface area contributed by atoms with Gasteiger partial charge in [0.25, 0.3) is 0 Å². The normalized spacial score (nSPS) is 15.7. The van der Waals surface area contributed by atoms with E-state index in [1.165, 1.54) is 23.8 Å². The largest absolute Gasteiger partial charge is 0.375 e. The summed E-state index contributed by atoms with van der Waals surface area (Å²) in [6.07, 6.45) is 1.68. The number of fused-ring (bicyclic) bond motifs is 1. The Labute approximate surface area is 179 Å². The minimum absolute atomic E-state index is 0.0548. The van der Waals surface area contributed by atoms with Crippen LogP contribution in [0.25, 0.3) is 0 Å². The molecule has 7 nitrogen and oxygen atoms in total. The van der Waals surface area contributed by atoms with Crippen LogP contribution in [0.2, 0.25) is 0 Å². The summed E-state index contributed by atoms with van der Waals surface area (Å²) in [4.78, 5) is 14.7. The molecule has 1 aliphatic rings. The molecule has 30 heavy (non-hydrogen) atoms. The van der Waals surface area contributed by atoms with Crippen molar-refractivity contribution in [3.05, 3.63) is 46.5 Å². The Balaban J connectivity index is 1.73. The zero-order chi connectivity index (χ0) is 21.7. The number of rotatable bonds is 8. The van der Waals surface area contributed by atoms with E-state index in [1.54, 1.807) is 0 Å². The Bertz CT molecular complexity index is 841. The zero-order valence-electron chi connectivity index (χ0n) is 18.9. The first-order valence-corrected chi connectivity index (χ1v) is 10.9. The van der Waals surface area contributed by atoms with Gasteiger partial charge >= 0.3 is 0 Å². The minimum Gasteiger partial charge on any atom is -0.375 e. The van der Waals surface area contributed by atoms with E-state index in [-0.39, 0.29) is 18.6 Å². The maximum atomic E-state index is 12.2. The van der Waals surface area contributed by atoms with E-state index < -0.39 is 0 Å². The van der Waals surface area contributed by atoms with Crippen molar-refractivity contribution in [3.8, 4) is 0 Å². The number of amides is 1. The number of hydrogen-bond acceptors (Lipinski definition) is 5. The molecule has 2 aromatic rings. The van der Waals surface area contributed by atoms with Gasteiger partial charge in [-0.2, -0.15) is 0 Å². The molecular formula is C23H35N5O2. The highest BCUT2D eigenvalue weighted by Crippen LogP contribution is 2.23. The average Bonchev–Trinajstić information content (AvgIpc) is 2.95. The summed E-state index contributed by atoms with van der Waals surface area (Å²) >= 11 is 0. The van der Waals surface area contributed by atoms with Crippen LogP contribution >= 0.6 is 0 Å². The van der Waals surface area contributed by atoms with Crippen molar-refractivity contribution >= 4 is 5.91 Å². The fourth-order valence-corrected chi connectivity index (χ4v) is 4.29. The third kappa shape index (κ3) is 5.89. The molecule has 0 saturated carbocycles. The quantitative estimate of drug-likeness (QED) is 0.720. The standard InChI is InChI=1S/C23H35N5O2/c1-16(2)10-20(24-22(29)15-30-5)23-26-25-21-6-7-27(8-9-28(21)23)14-19-12-17(3)11-18(4)13-19/h11-13,16,20H,6-10,14-15H2,1-5H3,(H,24,29). The van der Waals surface area contributed by atoms with Gasteiger partial charge in [0.1, 0.15) is 12.4 Å². The number of aryl methyl sites for hydroxylation is 2. The molecule has 164 valence electrons. The van der Waals surface area contributed by atoms with Crippen LogP contribution in [-0.2, 0) is 29.0 Å². The maximum absolute atomic E-state index is 12.2. The smallest absolute Gasteiger partial charge is 0.246 e. The van der Waals surface area contributed by atoms with Gasteiger partial charge < -0.3 is 14.6 Å². The van der Waals surface area contributed by atoms with Crippen molar-refractivity contribution in [2.24, 2.45) is 5.92 Å². The monoisotopic (exact) mass is 413 g/mol. The lowest BCUT2D eigenvalue weighted by atomic mass is 10.0. The Morgan fingerprint density at radius 2 is 1.87 bits per heavy atom. The van der Waals surface area contributed by atoms with Crippen molar-refractivity contribution in [2.45, 2.75) is 59.7 Å². The second-order valence-corrected chi connectivity index (χ2v) is 8.83. The number of aromatic nitrogens is 3. The van der Waals surface area contributed by atoms with Crippen LogP contribution in [0.5, 0.6) is 0 Å². The van der Waals surface area contributed by atoms with Crippen LogP contribution < -0.4 is 5.32 Å². The molecule has 1 unspecified atom stereocenters. The molecule has 1 atom stereocenters. The second kappa shape index (κ2) is 10.2. The molecular weight excluding hydrogens is 378 g/mol. The third-order valence-electron chi connectivity index (χ3n) is 5.46. The fourth-order valence-electron chi connectivity index (χ4n) is 4.29. The Morgan fingerprint density at radius 1 is 1.13 bits per heavy atom. The summed E-state index contributed by atoms with van der Waals surface area (Å²) < 4.78 is 7.20. The van der Waals surface area contributed by atoms with Crippen molar-refractivity contribution in [1.82, 2.24) is 25.0 Å². The molecule has 1 aliphatic heterocycles. The van der Waals surface area contributed by atoms with Crippen molar-refractivity contribution in [3.63, 3.8) is 0 Å². The lowest BCUT2D eigenvalue weighted by Gasteiger charge is -2.22. The molecule has 0 radical (unpaired) electrons. The van der Waals surface area contributed by atoms with E-state index in [0.717, 1.165) is 50.7 Å². The summed E-state index contributed by atoms with van der Waals surface area (Å²) in [5.41, 5.74) is 3.97. The summed E-state index contributed by atoms with van der Waals surface area (Å²) in [5.74, 6) is 2.17. The van der Waals surface area contributed by atoms with Crippen LogP contribution in [0.3, 0.4) is 0 Å². The molecule has 0 aliphatic carbocycles. The van der Waals surface area contributed by atoms with Gasteiger partial charge in [0.15, 0.2) is 5.82 Å². The van der Waals surface area contributed by atoms with Gasteiger partial charge in [-0.25, -0.2) is 0 Å². The zero-order valence-corrected chi connectivity index (χ0v) is 18.9. The number of methoxy groups -OCH3 is 1. The summed E-state index contributed by atoms with van der Waals surface area (Å²) in [5, 5.41) is 12.0. The van der Waals surface area contributed by atoms with E-state index in [9.17, 15) is 4.79 Å². The fraction of sp³-hybridized carbons (Fsp3) is 0.609. The number of benzene rings is 1. The molecule has 7 heteroatoms. The molecule has 0 fully saturated rings. The van der Waals surface area contributed by atoms with Gasteiger partial charge in [-0.15, -0.1) is 10.2 Å². The number of ether oxygens (including phenoxy) is 1. The predicted octanol–water partition coefficient (Wildman–Crippen LogP) is 2.80. The average molecular weight is 414 g/mol. The number of carbonyl (C=O) groups is 1. The number of nitrogens with one attached hydrogen (secondary N) is 1. The molecule has 0 spiro atoms. The maximum Gasteiger partial charge on any atom is 0.246 e. The number of nitrogens with zero attached hydrogens (tertiary/aromatic N) is 4. The molecule has 1 aromatic heterocycles. The lowest BCUT2D eigenvalue weighted by Crippen LogP contribution is -2.34. The molecule has 1 aromatic carbocycles. The van der Waals surface area contributed by atoms with E-state index >= 15 is 0 Å². The highest BCUT2D eigenvalue weighted by molar-refractivity contribution is 5.77. The topological polar surface area (TPSA) is 72.3 Å². The highest BCUT2D eigenvalue weighted by Gasteiger charge is 2.26. The van der Waals surface area contributed by atoms with Gasteiger partial charge in [0.05, 0.1) is 6.04 Å². The van der Waals surface area contributed by atoms with E-state index in [1.807, 2.05) is 0 Å². The first-order chi connectivity index (χ1) is 14.4. The molecule has 1 amide bonds. The van der Waals surface area contributed by atoms with Crippen LogP contribution in [0.4, 0.5) is 0 Å². The molecule has 3 rings (SSSR count). The lowest BCUT2D eigenvalue weighted by molar-refractivity contribution is -0.125. The van der Waals surface area contributed by atoms with Crippen LogP contribution in [0.15, 0.2) is 18.2 Å². The first kappa shape index (κ1) is 22.4. The van der Waals surface area contributed by atoms with Gasteiger partial charge in [-0.1, -0.05) is 43.2 Å². The summed E-state index contributed by atoms with van der Waals surface area (Å²) in [6, 6.07) is 6.60. The van der Waals surface area contributed by atoms with Crippen molar-refractivity contribution in [2.75, 3.05) is 26.8 Å². The SMILES string of the molecule is COCC(=O)NC(CC(C)C)c1nnc2n1CCN(Cc1cc(C)cc(C)c1)CC2. The van der Waals surface area contributed by atoms with Crippen LogP contribution in [0, 0.1) is 19.8 Å². The Hall–Kier alpha value is -2.25. The molecule has 0 saturated heterocycles. The summed E-state index contributed by atoms with van der Waals surface area (Å²) in [6.45, 7) is 12.3. The molecule has 2 heterocycles. The predicted molar refractivity (Wildman–Crippen MR) is 117 cm³/mol. The third-order valence-corrected chi connectivity index (χ3v) is 5.46. The van der Waals surface area contributed by atoms with Gasteiger partial charge in [-0.05, 0) is 31.7 Å². The first-order valence-electron chi connectivity index (χ1n) is 10.9. The Morgan fingerprint density at radius 3 is 2.53 bits per heavy atom.